The number of hydrogen-bond donors (Lipinski definition) is 2. The summed E-state index contributed by atoms with van der Waals surface area (Å²) in [6.45, 7) is 1.94. The lowest BCUT2D eigenvalue weighted by atomic mass is 10.1. The number of rotatable bonds is 5. The number of benzene rings is 1. The van der Waals surface area contributed by atoms with Gasteiger partial charge in [-0.05, 0) is 25.3 Å². The molecule has 0 bridgehead atoms. The van der Waals surface area contributed by atoms with Crippen LogP contribution < -0.4 is 5.32 Å². The summed E-state index contributed by atoms with van der Waals surface area (Å²) in [4.78, 5) is 36.9. The van der Waals surface area contributed by atoms with Crippen LogP contribution in [0.25, 0.3) is 0 Å². The first kappa shape index (κ1) is 16.0. The lowest BCUT2D eigenvalue weighted by Gasteiger charge is -2.25. The molecule has 0 radical (unpaired) electrons. The zero-order valence-electron chi connectivity index (χ0n) is 12.5. The fourth-order valence-electron chi connectivity index (χ4n) is 2.58. The number of likely N-dealkylation sites (tertiary alicyclic amines) is 1. The molecule has 0 aliphatic carbocycles. The minimum absolute atomic E-state index is 0.105. The summed E-state index contributed by atoms with van der Waals surface area (Å²) in [7, 11) is 0. The van der Waals surface area contributed by atoms with Crippen LogP contribution in [-0.4, -0.2) is 46.4 Å². The van der Waals surface area contributed by atoms with E-state index < -0.39 is 24.0 Å². The summed E-state index contributed by atoms with van der Waals surface area (Å²) in [5, 5.41) is 11.3. The van der Waals surface area contributed by atoms with E-state index in [2.05, 4.69) is 5.32 Å². The van der Waals surface area contributed by atoms with Crippen molar-refractivity contribution in [2.75, 3.05) is 6.54 Å². The Hall–Kier alpha value is -2.37. The Balaban J connectivity index is 1.99. The molecular weight excluding hydrogens is 284 g/mol. The second kappa shape index (κ2) is 7.06. The molecule has 0 saturated carbocycles. The van der Waals surface area contributed by atoms with E-state index >= 15 is 0 Å². The zero-order chi connectivity index (χ0) is 16.1. The average Bonchev–Trinajstić information content (AvgIpc) is 2.97. The number of nitrogens with zero attached hydrogens (tertiary/aromatic N) is 1. The van der Waals surface area contributed by atoms with Crippen LogP contribution in [0.5, 0.6) is 0 Å². The number of amides is 2. The molecule has 1 saturated heterocycles. The van der Waals surface area contributed by atoms with E-state index in [1.54, 1.807) is 4.90 Å². The number of aliphatic carboxylic acids is 1. The average molecular weight is 304 g/mol. The fraction of sp³-hybridized carbons (Fsp3) is 0.438. The molecule has 1 aliphatic heterocycles. The Morgan fingerprint density at radius 2 is 2.00 bits per heavy atom. The van der Waals surface area contributed by atoms with Gasteiger partial charge in [-0.1, -0.05) is 30.3 Å². The third-order valence-corrected chi connectivity index (χ3v) is 3.80. The van der Waals surface area contributed by atoms with Crippen LogP contribution in [0.2, 0.25) is 0 Å². The molecule has 2 rings (SSSR count). The molecule has 2 atom stereocenters. The molecule has 1 aromatic rings. The summed E-state index contributed by atoms with van der Waals surface area (Å²) in [5.41, 5.74) is 0.900. The van der Waals surface area contributed by atoms with Crippen LogP contribution in [0.15, 0.2) is 30.3 Å². The van der Waals surface area contributed by atoms with Crippen molar-refractivity contribution in [3.05, 3.63) is 35.9 Å². The molecule has 6 heteroatoms. The van der Waals surface area contributed by atoms with Crippen LogP contribution in [0, 0.1) is 0 Å². The second-order valence-electron chi connectivity index (χ2n) is 5.48. The van der Waals surface area contributed by atoms with Gasteiger partial charge in [0.05, 0.1) is 6.42 Å². The van der Waals surface area contributed by atoms with Gasteiger partial charge in [0.25, 0.3) is 0 Å². The molecule has 1 fully saturated rings. The molecule has 0 aromatic heterocycles. The largest absolute Gasteiger partial charge is 0.480 e. The van der Waals surface area contributed by atoms with Gasteiger partial charge in [-0.3, -0.25) is 14.4 Å². The number of hydrogen-bond acceptors (Lipinski definition) is 3. The Morgan fingerprint density at radius 1 is 1.32 bits per heavy atom. The lowest BCUT2D eigenvalue weighted by molar-refractivity contribution is -0.143. The van der Waals surface area contributed by atoms with Crippen molar-refractivity contribution in [3.63, 3.8) is 0 Å². The number of carbonyl (C=O) groups excluding carboxylic acids is 2. The first-order valence-corrected chi connectivity index (χ1v) is 7.35. The maximum absolute atomic E-state index is 12.4. The van der Waals surface area contributed by atoms with Gasteiger partial charge >= 0.3 is 5.97 Å². The molecule has 2 amide bonds. The highest BCUT2D eigenvalue weighted by atomic mass is 16.4. The third-order valence-electron chi connectivity index (χ3n) is 3.80. The van der Waals surface area contributed by atoms with Crippen molar-refractivity contribution < 1.29 is 19.5 Å². The van der Waals surface area contributed by atoms with Crippen LogP contribution in [0.3, 0.4) is 0 Å². The van der Waals surface area contributed by atoms with Gasteiger partial charge in [-0.25, -0.2) is 0 Å². The molecule has 1 aromatic carbocycles. The summed E-state index contributed by atoms with van der Waals surface area (Å²) in [6, 6.07) is 7.83. The van der Waals surface area contributed by atoms with Crippen LogP contribution in [0.1, 0.15) is 25.3 Å². The summed E-state index contributed by atoms with van der Waals surface area (Å²) < 4.78 is 0. The van der Waals surface area contributed by atoms with E-state index in [1.807, 2.05) is 30.3 Å². The molecular formula is C16H20N2O4. The smallest absolute Gasteiger partial charge is 0.325 e. The molecule has 22 heavy (non-hydrogen) atoms. The molecule has 1 heterocycles. The fourth-order valence-corrected chi connectivity index (χ4v) is 2.58. The highest BCUT2D eigenvalue weighted by molar-refractivity contribution is 5.91. The standard InChI is InChI=1S/C16H20N2O4/c1-11(16(21)22)17-15(20)13-8-5-9-18(13)14(19)10-12-6-3-2-4-7-12/h2-4,6-7,11,13H,5,8-10H2,1H3,(H,17,20)(H,21,22). The van der Waals surface area contributed by atoms with Crippen molar-refractivity contribution in [2.45, 2.75) is 38.3 Å². The Labute approximate surface area is 129 Å². The van der Waals surface area contributed by atoms with Gasteiger partial charge in [-0.2, -0.15) is 0 Å². The maximum Gasteiger partial charge on any atom is 0.325 e. The highest BCUT2D eigenvalue weighted by Crippen LogP contribution is 2.19. The van der Waals surface area contributed by atoms with Gasteiger partial charge in [0, 0.05) is 6.54 Å². The first-order valence-electron chi connectivity index (χ1n) is 7.35. The number of carboxylic acids is 1. The second-order valence-corrected chi connectivity index (χ2v) is 5.48. The summed E-state index contributed by atoms with van der Waals surface area (Å²) in [5.74, 6) is -1.59. The third kappa shape index (κ3) is 3.84. The van der Waals surface area contributed by atoms with Gasteiger partial charge in [0.1, 0.15) is 12.1 Å². The Morgan fingerprint density at radius 3 is 2.64 bits per heavy atom. The van der Waals surface area contributed by atoms with E-state index in [9.17, 15) is 14.4 Å². The first-order chi connectivity index (χ1) is 10.5. The monoisotopic (exact) mass is 304 g/mol. The number of carbonyl (C=O) groups is 3. The van der Waals surface area contributed by atoms with Crippen LogP contribution in [-0.2, 0) is 20.8 Å². The van der Waals surface area contributed by atoms with E-state index in [0.717, 1.165) is 12.0 Å². The summed E-state index contributed by atoms with van der Waals surface area (Å²) >= 11 is 0. The molecule has 0 spiro atoms. The van der Waals surface area contributed by atoms with Crippen molar-refractivity contribution in [1.82, 2.24) is 10.2 Å². The van der Waals surface area contributed by atoms with E-state index in [4.69, 9.17) is 5.11 Å². The SMILES string of the molecule is CC(NC(=O)C1CCCN1C(=O)Cc1ccccc1)C(=O)O. The van der Waals surface area contributed by atoms with E-state index in [0.29, 0.717) is 13.0 Å². The number of nitrogens with one attached hydrogen (secondary N) is 1. The van der Waals surface area contributed by atoms with Crippen LogP contribution >= 0.6 is 0 Å². The molecule has 6 nitrogen and oxygen atoms in total. The molecule has 1 aliphatic rings. The molecule has 118 valence electrons. The normalized spacial score (nSPS) is 18.8. The predicted molar refractivity (Wildman–Crippen MR) is 80.1 cm³/mol. The quantitative estimate of drug-likeness (QED) is 0.843. The van der Waals surface area contributed by atoms with Gasteiger partial charge < -0.3 is 15.3 Å². The van der Waals surface area contributed by atoms with Gasteiger partial charge in [-0.15, -0.1) is 0 Å². The zero-order valence-corrected chi connectivity index (χ0v) is 12.5. The topological polar surface area (TPSA) is 86.7 Å². The van der Waals surface area contributed by atoms with E-state index in [-0.39, 0.29) is 12.3 Å². The highest BCUT2D eigenvalue weighted by Gasteiger charge is 2.34. The Bertz CT molecular complexity index is 559. The van der Waals surface area contributed by atoms with Gasteiger partial charge in [0.15, 0.2) is 0 Å². The molecule has 2 N–H and O–H groups in total. The van der Waals surface area contributed by atoms with Crippen molar-refractivity contribution in [1.29, 1.82) is 0 Å². The van der Waals surface area contributed by atoms with Crippen molar-refractivity contribution >= 4 is 17.8 Å². The van der Waals surface area contributed by atoms with Crippen molar-refractivity contribution in [3.8, 4) is 0 Å². The van der Waals surface area contributed by atoms with E-state index in [1.165, 1.54) is 6.92 Å². The lowest BCUT2D eigenvalue weighted by Crippen LogP contribution is -2.50. The Kier molecular flexibility index (Phi) is 5.14. The van der Waals surface area contributed by atoms with Gasteiger partial charge in [0.2, 0.25) is 11.8 Å². The predicted octanol–water partition coefficient (Wildman–Crippen LogP) is 0.809. The minimum atomic E-state index is -1.09. The van der Waals surface area contributed by atoms with Crippen LogP contribution in [0.4, 0.5) is 0 Å². The minimum Gasteiger partial charge on any atom is -0.480 e. The molecule has 2 unspecified atom stereocenters. The number of carboxylic acid groups (broad SMARTS) is 1. The summed E-state index contributed by atoms with van der Waals surface area (Å²) in [6.07, 6.45) is 1.57. The maximum atomic E-state index is 12.4. The van der Waals surface area contributed by atoms with Crippen molar-refractivity contribution in [2.24, 2.45) is 0 Å².